The Hall–Kier alpha value is -2.88. The molecule has 122 valence electrons. The van der Waals surface area contributed by atoms with Crippen molar-refractivity contribution in [2.45, 2.75) is 20.3 Å². The van der Waals surface area contributed by atoms with Gasteiger partial charge in [-0.05, 0) is 49.2 Å². The highest BCUT2D eigenvalue weighted by atomic mass is 16.1. The van der Waals surface area contributed by atoms with Crippen LogP contribution < -0.4 is 10.6 Å². The number of hydrogen-bond acceptors (Lipinski definition) is 3. The van der Waals surface area contributed by atoms with E-state index in [1.54, 1.807) is 6.20 Å². The number of aromatic nitrogens is 1. The summed E-state index contributed by atoms with van der Waals surface area (Å²) in [6.07, 6.45) is 2.18. The molecule has 0 fully saturated rings. The molecule has 1 heterocycles. The van der Waals surface area contributed by atoms with Gasteiger partial charge in [-0.2, -0.15) is 0 Å². The molecule has 3 rings (SSSR count). The number of pyridine rings is 1. The fourth-order valence-corrected chi connectivity index (χ4v) is 2.60. The average molecular weight is 319 g/mol. The third kappa shape index (κ3) is 3.71. The van der Waals surface area contributed by atoms with Gasteiger partial charge in [-0.15, -0.1) is 0 Å². The Labute approximate surface area is 141 Å². The first-order chi connectivity index (χ1) is 11.6. The van der Waals surface area contributed by atoms with Gasteiger partial charge in [-0.25, -0.2) is 0 Å². The highest BCUT2D eigenvalue weighted by Gasteiger charge is 2.05. The zero-order valence-corrected chi connectivity index (χ0v) is 14.0. The summed E-state index contributed by atoms with van der Waals surface area (Å²) < 4.78 is 0. The number of amides is 1. The second kappa shape index (κ2) is 7.13. The Bertz CT molecular complexity index is 868. The Kier molecular flexibility index (Phi) is 4.75. The van der Waals surface area contributed by atoms with E-state index in [1.165, 1.54) is 11.1 Å². The lowest BCUT2D eigenvalue weighted by Crippen LogP contribution is -2.16. The first-order valence-corrected chi connectivity index (χ1v) is 8.08. The SMILES string of the molecule is Cc1ccc(NC(=O)CCNc2cccc3cccnc23)cc1C. The van der Waals surface area contributed by atoms with Gasteiger partial charge in [-0.1, -0.05) is 24.3 Å². The number of benzene rings is 2. The lowest BCUT2D eigenvalue weighted by molar-refractivity contribution is -0.115. The molecule has 4 heteroatoms. The van der Waals surface area contributed by atoms with Gasteiger partial charge in [0.05, 0.1) is 11.2 Å². The number of nitrogens with zero attached hydrogens (tertiary/aromatic N) is 1. The number of rotatable bonds is 5. The van der Waals surface area contributed by atoms with Gasteiger partial charge >= 0.3 is 0 Å². The molecule has 1 aromatic heterocycles. The number of nitrogens with one attached hydrogen (secondary N) is 2. The summed E-state index contributed by atoms with van der Waals surface area (Å²) in [5.41, 5.74) is 5.11. The van der Waals surface area contributed by atoms with Crippen molar-refractivity contribution >= 4 is 28.2 Å². The second-order valence-corrected chi connectivity index (χ2v) is 5.90. The maximum atomic E-state index is 12.1. The molecule has 4 nitrogen and oxygen atoms in total. The van der Waals surface area contributed by atoms with Crippen LogP contribution in [0.15, 0.2) is 54.7 Å². The molecule has 0 bridgehead atoms. The van der Waals surface area contributed by atoms with Crippen LogP contribution in [0, 0.1) is 13.8 Å². The molecule has 2 aromatic carbocycles. The van der Waals surface area contributed by atoms with Crippen molar-refractivity contribution in [3.05, 3.63) is 65.9 Å². The molecule has 0 radical (unpaired) electrons. The van der Waals surface area contributed by atoms with Gasteiger partial charge in [0.15, 0.2) is 0 Å². The third-order valence-corrected chi connectivity index (χ3v) is 4.09. The van der Waals surface area contributed by atoms with E-state index in [0.29, 0.717) is 13.0 Å². The molecule has 0 aliphatic heterocycles. The summed E-state index contributed by atoms with van der Waals surface area (Å²) >= 11 is 0. The molecule has 0 aliphatic carbocycles. The maximum absolute atomic E-state index is 12.1. The van der Waals surface area contributed by atoms with Crippen LogP contribution in [-0.4, -0.2) is 17.4 Å². The molecule has 1 amide bonds. The van der Waals surface area contributed by atoms with E-state index in [4.69, 9.17) is 0 Å². The van der Waals surface area contributed by atoms with Gasteiger partial charge in [0.1, 0.15) is 0 Å². The molecule has 3 aromatic rings. The van der Waals surface area contributed by atoms with Gasteiger partial charge in [0.25, 0.3) is 0 Å². The normalized spacial score (nSPS) is 10.6. The number of para-hydroxylation sites is 1. The van der Waals surface area contributed by atoms with Crippen molar-refractivity contribution in [3.63, 3.8) is 0 Å². The Morgan fingerprint density at radius 1 is 1.04 bits per heavy atom. The quantitative estimate of drug-likeness (QED) is 0.737. The molecule has 0 spiro atoms. The lowest BCUT2D eigenvalue weighted by atomic mass is 10.1. The molecule has 0 atom stereocenters. The van der Waals surface area contributed by atoms with Crippen molar-refractivity contribution < 1.29 is 4.79 Å². The largest absolute Gasteiger partial charge is 0.383 e. The highest BCUT2D eigenvalue weighted by molar-refractivity contribution is 5.92. The first-order valence-electron chi connectivity index (χ1n) is 8.08. The minimum atomic E-state index is -0.000973. The smallest absolute Gasteiger partial charge is 0.226 e. The number of carbonyl (C=O) groups is 1. The topological polar surface area (TPSA) is 54.0 Å². The minimum Gasteiger partial charge on any atom is -0.383 e. The Morgan fingerprint density at radius 2 is 1.88 bits per heavy atom. The van der Waals surface area contributed by atoms with Crippen molar-refractivity contribution in [2.75, 3.05) is 17.2 Å². The van der Waals surface area contributed by atoms with E-state index < -0.39 is 0 Å². The van der Waals surface area contributed by atoms with E-state index in [9.17, 15) is 4.79 Å². The summed E-state index contributed by atoms with van der Waals surface area (Å²) in [5.74, 6) is -0.000973. The predicted molar refractivity (Wildman–Crippen MR) is 99.4 cm³/mol. The molecule has 2 N–H and O–H groups in total. The van der Waals surface area contributed by atoms with Crippen LogP contribution in [0.5, 0.6) is 0 Å². The van der Waals surface area contributed by atoms with Crippen LogP contribution in [0.4, 0.5) is 11.4 Å². The number of aryl methyl sites for hydroxylation is 2. The van der Waals surface area contributed by atoms with Crippen LogP contribution in [0.3, 0.4) is 0 Å². The lowest BCUT2D eigenvalue weighted by Gasteiger charge is -2.10. The maximum Gasteiger partial charge on any atom is 0.226 e. The predicted octanol–water partition coefficient (Wildman–Crippen LogP) is 4.29. The summed E-state index contributed by atoms with van der Waals surface area (Å²) in [6, 6.07) is 15.9. The van der Waals surface area contributed by atoms with E-state index in [-0.39, 0.29) is 5.91 Å². The van der Waals surface area contributed by atoms with Crippen molar-refractivity contribution in [2.24, 2.45) is 0 Å². The van der Waals surface area contributed by atoms with Gasteiger partial charge in [0.2, 0.25) is 5.91 Å². The summed E-state index contributed by atoms with van der Waals surface area (Å²) in [7, 11) is 0. The van der Waals surface area contributed by atoms with Gasteiger partial charge < -0.3 is 10.6 Å². The average Bonchev–Trinajstić information content (AvgIpc) is 2.58. The van der Waals surface area contributed by atoms with E-state index in [0.717, 1.165) is 22.3 Å². The number of fused-ring (bicyclic) bond motifs is 1. The standard InChI is InChI=1S/C20H21N3O/c1-14-8-9-17(13-15(14)2)23-19(24)10-12-21-18-7-3-5-16-6-4-11-22-20(16)18/h3-9,11,13,21H,10,12H2,1-2H3,(H,23,24). The van der Waals surface area contributed by atoms with E-state index in [2.05, 4.69) is 22.5 Å². The summed E-state index contributed by atoms with van der Waals surface area (Å²) in [5, 5.41) is 7.33. The molecule has 0 aliphatic rings. The zero-order chi connectivity index (χ0) is 16.9. The van der Waals surface area contributed by atoms with Crippen molar-refractivity contribution in [3.8, 4) is 0 Å². The Balaban J connectivity index is 1.57. The molecule has 24 heavy (non-hydrogen) atoms. The van der Waals surface area contributed by atoms with Gasteiger partial charge in [-0.3, -0.25) is 9.78 Å². The van der Waals surface area contributed by atoms with E-state index >= 15 is 0 Å². The number of anilines is 2. The minimum absolute atomic E-state index is 0.000973. The molecule has 0 saturated heterocycles. The molecular formula is C20H21N3O. The summed E-state index contributed by atoms with van der Waals surface area (Å²) in [6.45, 7) is 4.66. The second-order valence-electron chi connectivity index (χ2n) is 5.90. The third-order valence-electron chi connectivity index (χ3n) is 4.09. The number of carbonyl (C=O) groups excluding carboxylic acids is 1. The van der Waals surface area contributed by atoms with Crippen LogP contribution in [0.25, 0.3) is 10.9 Å². The van der Waals surface area contributed by atoms with Crippen LogP contribution in [-0.2, 0) is 4.79 Å². The Morgan fingerprint density at radius 3 is 2.71 bits per heavy atom. The number of hydrogen-bond donors (Lipinski definition) is 2. The first kappa shape index (κ1) is 16.0. The van der Waals surface area contributed by atoms with Crippen molar-refractivity contribution in [1.29, 1.82) is 0 Å². The van der Waals surface area contributed by atoms with E-state index in [1.807, 2.05) is 55.5 Å². The fourth-order valence-electron chi connectivity index (χ4n) is 2.60. The van der Waals surface area contributed by atoms with Crippen LogP contribution in [0.1, 0.15) is 17.5 Å². The molecular weight excluding hydrogens is 298 g/mol. The van der Waals surface area contributed by atoms with Gasteiger partial charge in [0, 0.05) is 30.2 Å². The fraction of sp³-hybridized carbons (Fsp3) is 0.200. The van der Waals surface area contributed by atoms with Crippen LogP contribution >= 0.6 is 0 Å². The van der Waals surface area contributed by atoms with Crippen molar-refractivity contribution in [1.82, 2.24) is 4.98 Å². The zero-order valence-electron chi connectivity index (χ0n) is 14.0. The molecule has 0 unspecified atom stereocenters. The molecule has 0 saturated carbocycles. The van der Waals surface area contributed by atoms with Crippen LogP contribution in [0.2, 0.25) is 0 Å². The highest BCUT2D eigenvalue weighted by Crippen LogP contribution is 2.20. The monoisotopic (exact) mass is 319 g/mol. The summed E-state index contributed by atoms with van der Waals surface area (Å²) in [4.78, 5) is 16.5.